The number of fused-ring (bicyclic) bond motifs is 9. The predicted molar refractivity (Wildman–Crippen MR) is 418 cm³/mol. The van der Waals surface area contributed by atoms with E-state index in [2.05, 4.69) is 265 Å². The molecule has 0 aromatic heterocycles. The first kappa shape index (κ1) is 72.1. The second-order valence-corrected chi connectivity index (χ2v) is 35.2. The van der Waals surface area contributed by atoms with E-state index in [4.69, 9.17) is 0 Å². The average molecular weight is 1450 g/mol. The van der Waals surface area contributed by atoms with Gasteiger partial charge in [0.1, 0.15) is 0 Å². The topological polar surface area (TPSA) is 0 Å². The molecule has 6 aromatic carbocycles. The molecule has 494 valence electrons. The van der Waals surface area contributed by atoms with Gasteiger partial charge in [0, 0.05) is 23.4 Å². The molecule has 0 amide bonds. The zero-order valence-corrected chi connectivity index (χ0v) is 64.7. The summed E-state index contributed by atoms with van der Waals surface area (Å²) in [4.78, 5) is 0. The molecule has 3 aliphatic carbocycles. The first-order valence-electron chi connectivity index (χ1n) is 37.7. The molecule has 0 heterocycles. The molecule has 0 saturated heterocycles. The molecule has 0 radical (unpaired) electrons. The Hall–Kier alpha value is -3.22. The number of benzene rings is 6. The van der Waals surface area contributed by atoms with Crippen molar-refractivity contribution in [1.82, 2.24) is 0 Å². The van der Waals surface area contributed by atoms with E-state index in [1.165, 1.54) is 217 Å². The van der Waals surface area contributed by atoms with Gasteiger partial charge in [0.25, 0.3) is 0 Å². The van der Waals surface area contributed by atoms with Gasteiger partial charge in [-0.1, -0.05) is 280 Å². The van der Waals surface area contributed by atoms with Gasteiger partial charge in [-0.3, -0.25) is 0 Å². The summed E-state index contributed by atoms with van der Waals surface area (Å²) in [6, 6.07) is 45.8. The van der Waals surface area contributed by atoms with Crippen molar-refractivity contribution in [2.75, 3.05) is 0 Å². The molecule has 0 bridgehead atoms. The van der Waals surface area contributed by atoms with E-state index in [0.717, 1.165) is 23.7 Å². The van der Waals surface area contributed by atoms with Crippen LogP contribution in [0.3, 0.4) is 0 Å². The lowest BCUT2D eigenvalue weighted by molar-refractivity contribution is 0.308. The van der Waals surface area contributed by atoms with Crippen LogP contribution in [0.15, 0.2) is 109 Å². The third-order valence-electron chi connectivity index (χ3n) is 23.7. The summed E-state index contributed by atoms with van der Waals surface area (Å²) in [5.74, 6) is 7.09. The van der Waals surface area contributed by atoms with Gasteiger partial charge in [-0.25, -0.2) is 0 Å². The minimum absolute atomic E-state index is 0.00897. The van der Waals surface area contributed by atoms with Gasteiger partial charge in [-0.05, 0) is 288 Å². The zero-order valence-electron chi connectivity index (χ0n) is 60.4. The fraction of sp³-hybridized carbons (Fsp3) is 0.596. The molecule has 3 aliphatic rings. The summed E-state index contributed by atoms with van der Waals surface area (Å²) >= 11 is 5.41. The highest BCUT2D eigenvalue weighted by molar-refractivity contribution is 14.1. The molecule has 6 aromatic rings. The Morgan fingerprint density at radius 3 is 0.967 bits per heavy atom. The maximum atomic E-state index is 2.76. The van der Waals surface area contributed by atoms with E-state index < -0.39 is 0 Å². The summed E-state index contributed by atoms with van der Waals surface area (Å²) in [6.07, 6.45) is 30.7. The highest BCUT2D eigenvalue weighted by atomic mass is 127. The summed E-state index contributed by atoms with van der Waals surface area (Å²) in [6.45, 7) is 39.4. The van der Waals surface area contributed by atoms with Crippen molar-refractivity contribution in [2.24, 2.45) is 59.2 Å². The van der Waals surface area contributed by atoms with Crippen LogP contribution in [0.1, 0.15) is 298 Å². The Bertz CT molecular complexity index is 3270. The van der Waals surface area contributed by atoms with E-state index >= 15 is 0 Å². The van der Waals surface area contributed by atoms with E-state index in [0.29, 0.717) is 35.5 Å². The van der Waals surface area contributed by atoms with Crippen LogP contribution in [0.25, 0.3) is 55.6 Å². The maximum absolute atomic E-state index is 2.76. The first-order chi connectivity index (χ1) is 43.5. The summed E-state index contributed by atoms with van der Waals surface area (Å²) in [5, 5.41) is 0. The van der Waals surface area contributed by atoms with Gasteiger partial charge < -0.3 is 0 Å². The zero-order chi connectivity index (χ0) is 65.4. The number of hydrogen-bond acceptors (Lipinski definition) is 0. The van der Waals surface area contributed by atoms with E-state index in [1.807, 2.05) is 0 Å². The molecule has 0 nitrogen and oxygen atoms in total. The monoisotopic (exact) mass is 1450 g/mol. The summed E-state index contributed by atoms with van der Waals surface area (Å²) in [7, 11) is 0. The predicted octanol–water partition coefficient (Wildman–Crippen LogP) is 28.9. The van der Waals surface area contributed by atoms with Gasteiger partial charge in [-0.2, -0.15) is 0 Å². The van der Waals surface area contributed by atoms with Crippen molar-refractivity contribution in [3.05, 3.63) is 150 Å². The maximum Gasteiger partial charge on any atom is 0.0311 e. The van der Waals surface area contributed by atoms with Gasteiger partial charge in [0.2, 0.25) is 0 Å². The minimum Gasteiger partial charge on any atom is -0.0651 e. The molecule has 91 heavy (non-hydrogen) atoms. The molecular weight excluding hydrogens is 1320 g/mol. The summed E-state index contributed by atoms with van der Waals surface area (Å²) < 4.78 is 2.89. The number of hydrogen-bond donors (Lipinski definition) is 0. The van der Waals surface area contributed by atoms with E-state index in [1.54, 1.807) is 33.4 Å². The van der Waals surface area contributed by atoms with Crippen molar-refractivity contribution in [1.29, 1.82) is 0 Å². The second-order valence-electron chi connectivity index (χ2n) is 32.9. The highest BCUT2D eigenvalue weighted by Gasteiger charge is 2.48. The smallest absolute Gasteiger partial charge is 0.0311 e. The Morgan fingerprint density at radius 2 is 0.604 bits per heavy atom. The largest absolute Gasteiger partial charge is 0.0651 e. The number of halogens is 2. The third kappa shape index (κ3) is 16.4. The van der Waals surface area contributed by atoms with E-state index in [-0.39, 0.29) is 16.2 Å². The molecule has 2 heteroatoms. The van der Waals surface area contributed by atoms with Crippen LogP contribution in [-0.4, -0.2) is 0 Å². The summed E-state index contributed by atoms with van der Waals surface area (Å²) in [5.41, 5.74) is 24.0. The minimum atomic E-state index is -0.101. The van der Waals surface area contributed by atoms with Crippen LogP contribution in [0.5, 0.6) is 0 Å². The highest BCUT2D eigenvalue weighted by Crippen LogP contribution is 2.61. The van der Waals surface area contributed by atoms with Crippen molar-refractivity contribution < 1.29 is 0 Å². The molecular formula is C89H124I2. The van der Waals surface area contributed by atoms with Crippen LogP contribution >= 0.6 is 45.2 Å². The van der Waals surface area contributed by atoms with Crippen molar-refractivity contribution in [3.63, 3.8) is 0 Å². The van der Waals surface area contributed by atoms with Crippen molar-refractivity contribution >= 4 is 45.2 Å². The number of rotatable bonds is 36. The quantitative estimate of drug-likeness (QED) is 0.0344. The van der Waals surface area contributed by atoms with Gasteiger partial charge >= 0.3 is 0 Å². The van der Waals surface area contributed by atoms with Crippen molar-refractivity contribution in [3.8, 4) is 55.6 Å². The Kier molecular flexibility index (Phi) is 25.5. The SMILES string of the molecule is CC[C@H](C)CC1(C[C@@H](C)CC)c2cc(-c3ccc4c(c3)C(CC[C@@H](C)CCCC(C)C)(CC[C@@H](C)CCCC(C)C)c3ccccc3-4)ccc2-c2ccc(-c3ccc4c(c3)C(CC[C@@H](C)CCCC(C)C)(CC[C@@H](C)CCCC(C)C)c3c-4ccc(I)c3I)cc21. The van der Waals surface area contributed by atoms with Gasteiger partial charge in [0.15, 0.2) is 0 Å². The standard InChI is InChI=1S/C89H124I2/c1-17-63(11)57-89(58-64(12)18-2)82-55-71(69-35-39-74-73-33-19-20-34-79(73)87(80(74)53-69,49-45-65(13)29-21-25-59(3)4)50-46-66(14)30-22-26-60(5)6)36-40-75(82)76-41-37-72(56-83(76)89)70-38-42-77-78-43-44-84(90)86(91)85(78)88(81(77)54-70,51-47-67(15)31-23-27-61(7)8)52-48-68(16)32-24-28-62(9)10/h19-20,33-44,53-56,59-68H,17-18,21-32,45-52,57-58H2,1-16H3/t63-,64-,65-,66-,67-,68-/m0/s1. The third-order valence-corrected chi connectivity index (χ3v) is 26.7. The van der Waals surface area contributed by atoms with E-state index in [9.17, 15) is 0 Å². The fourth-order valence-corrected chi connectivity index (χ4v) is 19.0. The lowest BCUT2D eigenvalue weighted by atomic mass is 9.66. The second kappa shape index (κ2) is 32.2. The molecule has 9 rings (SSSR count). The normalized spacial score (nSPS) is 16.8. The molecule has 6 atom stereocenters. The van der Waals surface area contributed by atoms with Crippen LogP contribution < -0.4 is 0 Å². The molecule has 0 fully saturated rings. The molecule has 0 unspecified atom stereocenters. The van der Waals surface area contributed by atoms with Gasteiger partial charge in [-0.15, -0.1) is 0 Å². The molecule has 0 spiro atoms. The average Bonchev–Trinajstić information content (AvgIpc) is 1.58. The van der Waals surface area contributed by atoms with Crippen LogP contribution in [0.4, 0.5) is 0 Å². The molecule has 0 saturated carbocycles. The Balaban J connectivity index is 1.14. The fourth-order valence-electron chi connectivity index (χ4n) is 17.6. The Morgan fingerprint density at radius 1 is 0.297 bits per heavy atom. The lowest BCUT2D eigenvalue weighted by Crippen LogP contribution is -2.30. The lowest BCUT2D eigenvalue weighted by Gasteiger charge is -2.37. The van der Waals surface area contributed by atoms with Crippen molar-refractivity contribution in [2.45, 2.75) is 281 Å². The molecule has 0 N–H and O–H groups in total. The van der Waals surface area contributed by atoms with Gasteiger partial charge in [0.05, 0.1) is 0 Å². The van der Waals surface area contributed by atoms with Crippen LogP contribution in [0, 0.1) is 66.3 Å². The van der Waals surface area contributed by atoms with Crippen LogP contribution in [-0.2, 0) is 16.2 Å². The first-order valence-corrected chi connectivity index (χ1v) is 39.9. The van der Waals surface area contributed by atoms with Crippen LogP contribution in [0.2, 0.25) is 0 Å². The Labute approximate surface area is 586 Å². The molecule has 0 aliphatic heterocycles.